The van der Waals surface area contributed by atoms with Crippen molar-refractivity contribution in [3.8, 4) is 23.0 Å². The predicted octanol–water partition coefficient (Wildman–Crippen LogP) is 2.68. The van der Waals surface area contributed by atoms with Crippen molar-refractivity contribution in [3.63, 3.8) is 0 Å². The van der Waals surface area contributed by atoms with E-state index in [1.807, 2.05) is 30.3 Å². The van der Waals surface area contributed by atoms with Gasteiger partial charge in [0, 0.05) is 7.11 Å². The molecule has 3 nitrogen and oxygen atoms in total. The van der Waals surface area contributed by atoms with Gasteiger partial charge in [-0.05, 0) is 23.3 Å². The first kappa shape index (κ1) is 14.1. The molecule has 0 aliphatic rings. The number of hydrogen-bond acceptors (Lipinski definition) is 3. The van der Waals surface area contributed by atoms with Crippen molar-refractivity contribution in [2.24, 2.45) is 5.84 Å². The Morgan fingerprint density at radius 1 is 0.950 bits per heavy atom. The van der Waals surface area contributed by atoms with Crippen LogP contribution < -0.4 is 10.9 Å². The topological polar surface area (TPSA) is 38.5 Å². The van der Waals surface area contributed by atoms with Gasteiger partial charge < -0.3 is 4.74 Å². The zero-order valence-corrected chi connectivity index (χ0v) is 11.5. The molecule has 0 spiro atoms. The van der Waals surface area contributed by atoms with E-state index in [0.29, 0.717) is 13.2 Å². The largest absolute Gasteiger partial charge is 0.372 e. The van der Waals surface area contributed by atoms with Crippen LogP contribution in [0.4, 0.5) is 5.69 Å². The molecule has 0 aliphatic carbocycles. The van der Waals surface area contributed by atoms with E-state index in [1.165, 1.54) is 11.1 Å². The molecule has 0 bridgehead atoms. The number of hydrazine groups is 1. The molecule has 0 aliphatic heterocycles. The smallest absolute Gasteiger partial charge is 0.107 e. The lowest BCUT2D eigenvalue weighted by molar-refractivity contribution is 0.239. The lowest BCUT2D eigenvalue weighted by atomic mass is 10.1. The molecule has 0 fully saturated rings. The molecule has 0 unspecified atom stereocenters. The van der Waals surface area contributed by atoms with Crippen molar-refractivity contribution >= 4 is 5.69 Å². The summed E-state index contributed by atoms with van der Waals surface area (Å²) in [5.74, 6) is 11.8. The average Bonchev–Trinajstić information content (AvgIpc) is 2.52. The van der Waals surface area contributed by atoms with Crippen LogP contribution in [0.5, 0.6) is 0 Å². The molecule has 2 rings (SSSR count). The zero-order valence-electron chi connectivity index (χ0n) is 11.5. The third kappa shape index (κ3) is 3.86. The van der Waals surface area contributed by atoms with E-state index >= 15 is 0 Å². The second-order valence-corrected chi connectivity index (χ2v) is 4.33. The summed E-state index contributed by atoms with van der Waals surface area (Å²) in [5, 5.41) is 1.62. The Hall–Kier alpha value is -2.28. The molecule has 20 heavy (non-hydrogen) atoms. The molecule has 0 aromatic heterocycles. The lowest BCUT2D eigenvalue weighted by Gasteiger charge is -2.15. The molecule has 2 N–H and O–H groups in total. The number of nitrogens with zero attached hydrogens (tertiary/aromatic N) is 1. The van der Waals surface area contributed by atoms with Gasteiger partial charge in [-0.25, -0.2) is 5.84 Å². The SMILES string of the molecule is COCC#CCN(N)c1ccc(-c2ccccc2)cc1. The number of hydrogen-bond donors (Lipinski definition) is 1. The Labute approximate surface area is 119 Å². The van der Waals surface area contributed by atoms with E-state index in [0.717, 1.165) is 5.69 Å². The van der Waals surface area contributed by atoms with Crippen molar-refractivity contribution in [1.29, 1.82) is 0 Å². The van der Waals surface area contributed by atoms with Crippen LogP contribution in [0.1, 0.15) is 0 Å². The maximum Gasteiger partial charge on any atom is 0.107 e. The normalized spacial score (nSPS) is 9.70. The molecule has 0 amide bonds. The van der Waals surface area contributed by atoms with Gasteiger partial charge in [0.1, 0.15) is 6.61 Å². The Morgan fingerprint density at radius 3 is 2.25 bits per heavy atom. The monoisotopic (exact) mass is 266 g/mol. The van der Waals surface area contributed by atoms with Gasteiger partial charge in [-0.15, -0.1) is 0 Å². The summed E-state index contributed by atoms with van der Waals surface area (Å²) < 4.78 is 4.86. The van der Waals surface area contributed by atoms with E-state index in [2.05, 4.69) is 36.1 Å². The van der Waals surface area contributed by atoms with Crippen LogP contribution in [0.3, 0.4) is 0 Å². The van der Waals surface area contributed by atoms with Crippen LogP contribution in [-0.2, 0) is 4.74 Å². The molecule has 102 valence electrons. The first-order chi connectivity index (χ1) is 9.81. The summed E-state index contributed by atoms with van der Waals surface area (Å²) in [5.41, 5.74) is 3.31. The van der Waals surface area contributed by atoms with E-state index < -0.39 is 0 Å². The van der Waals surface area contributed by atoms with Gasteiger partial charge in [0.25, 0.3) is 0 Å². The van der Waals surface area contributed by atoms with Gasteiger partial charge in [-0.1, -0.05) is 54.3 Å². The fourth-order valence-corrected chi connectivity index (χ4v) is 1.83. The summed E-state index contributed by atoms with van der Waals surface area (Å²) >= 11 is 0. The number of nitrogens with two attached hydrogens (primary N) is 1. The van der Waals surface area contributed by atoms with Gasteiger partial charge in [-0.2, -0.15) is 0 Å². The van der Waals surface area contributed by atoms with E-state index in [1.54, 1.807) is 12.1 Å². The van der Waals surface area contributed by atoms with Gasteiger partial charge in [0.05, 0.1) is 12.2 Å². The van der Waals surface area contributed by atoms with Crippen LogP contribution >= 0.6 is 0 Å². The molecule has 0 heterocycles. The van der Waals surface area contributed by atoms with E-state index in [-0.39, 0.29) is 0 Å². The van der Waals surface area contributed by atoms with Crippen LogP contribution in [0.2, 0.25) is 0 Å². The average molecular weight is 266 g/mol. The molecule has 2 aromatic carbocycles. The summed E-state index contributed by atoms with van der Waals surface area (Å²) in [6.45, 7) is 0.912. The number of methoxy groups -OCH3 is 1. The van der Waals surface area contributed by atoms with Crippen LogP contribution in [-0.4, -0.2) is 20.3 Å². The Morgan fingerprint density at radius 2 is 1.60 bits per heavy atom. The third-order valence-electron chi connectivity index (χ3n) is 2.90. The summed E-state index contributed by atoms with van der Waals surface area (Å²) in [6.07, 6.45) is 0. The number of rotatable bonds is 4. The minimum Gasteiger partial charge on any atom is -0.372 e. The van der Waals surface area contributed by atoms with Crippen molar-refractivity contribution in [2.45, 2.75) is 0 Å². The zero-order chi connectivity index (χ0) is 14.2. The predicted molar refractivity (Wildman–Crippen MR) is 83.1 cm³/mol. The first-order valence-electron chi connectivity index (χ1n) is 6.43. The highest BCUT2D eigenvalue weighted by molar-refractivity contribution is 5.66. The summed E-state index contributed by atoms with van der Waals surface area (Å²) in [6, 6.07) is 18.4. The summed E-state index contributed by atoms with van der Waals surface area (Å²) in [7, 11) is 1.62. The highest BCUT2D eigenvalue weighted by atomic mass is 16.5. The molecule has 0 saturated heterocycles. The molecular formula is C17H18N2O. The minimum atomic E-state index is 0.431. The lowest BCUT2D eigenvalue weighted by Crippen LogP contribution is -2.31. The highest BCUT2D eigenvalue weighted by Gasteiger charge is 2.01. The minimum absolute atomic E-state index is 0.431. The number of benzene rings is 2. The second kappa shape index (κ2) is 7.34. The van der Waals surface area contributed by atoms with Gasteiger partial charge >= 0.3 is 0 Å². The second-order valence-electron chi connectivity index (χ2n) is 4.33. The molecule has 3 heteroatoms. The Balaban J connectivity index is 2.03. The number of anilines is 1. The van der Waals surface area contributed by atoms with Gasteiger partial charge in [0.2, 0.25) is 0 Å². The quantitative estimate of drug-likeness (QED) is 0.525. The fraction of sp³-hybridized carbons (Fsp3) is 0.176. The maximum absolute atomic E-state index is 5.96. The van der Waals surface area contributed by atoms with Gasteiger partial charge in [-0.3, -0.25) is 5.01 Å². The molecule has 0 saturated carbocycles. The molecular weight excluding hydrogens is 248 g/mol. The van der Waals surface area contributed by atoms with E-state index in [4.69, 9.17) is 10.6 Å². The molecule has 0 atom stereocenters. The molecule has 0 radical (unpaired) electrons. The van der Waals surface area contributed by atoms with Crippen molar-refractivity contribution in [1.82, 2.24) is 0 Å². The fourth-order valence-electron chi connectivity index (χ4n) is 1.83. The highest BCUT2D eigenvalue weighted by Crippen LogP contribution is 2.21. The maximum atomic E-state index is 5.96. The Bertz CT molecular complexity index is 582. The van der Waals surface area contributed by atoms with Crippen LogP contribution in [0.25, 0.3) is 11.1 Å². The van der Waals surface area contributed by atoms with Crippen LogP contribution in [0.15, 0.2) is 54.6 Å². The van der Waals surface area contributed by atoms with Gasteiger partial charge in [0.15, 0.2) is 0 Å². The standard InChI is InChI=1S/C17H18N2O/c1-20-14-6-5-13-19(18)17-11-9-16(10-12-17)15-7-3-2-4-8-15/h2-4,7-12H,13-14,18H2,1H3. The molecule has 2 aromatic rings. The van der Waals surface area contributed by atoms with Crippen molar-refractivity contribution in [2.75, 3.05) is 25.3 Å². The number of ether oxygens (including phenoxy) is 1. The first-order valence-corrected chi connectivity index (χ1v) is 6.43. The van der Waals surface area contributed by atoms with E-state index in [9.17, 15) is 0 Å². The van der Waals surface area contributed by atoms with Crippen molar-refractivity contribution in [3.05, 3.63) is 54.6 Å². The van der Waals surface area contributed by atoms with Crippen LogP contribution in [0, 0.1) is 11.8 Å². The Kier molecular flexibility index (Phi) is 5.19. The third-order valence-corrected chi connectivity index (χ3v) is 2.90. The van der Waals surface area contributed by atoms with Crippen molar-refractivity contribution < 1.29 is 4.74 Å². The summed E-state index contributed by atoms with van der Waals surface area (Å²) in [4.78, 5) is 0.